The zero-order chi connectivity index (χ0) is 15.4. The van der Waals surface area contributed by atoms with Crippen molar-refractivity contribution in [2.45, 2.75) is 12.8 Å². The van der Waals surface area contributed by atoms with Gasteiger partial charge in [-0.05, 0) is 37.0 Å². The van der Waals surface area contributed by atoms with Crippen LogP contribution in [0.1, 0.15) is 12.8 Å². The molecule has 1 aliphatic rings. The normalized spacial score (nSPS) is 14.2. The molecule has 0 spiro atoms. The quantitative estimate of drug-likeness (QED) is 0.806. The van der Waals surface area contributed by atoms with Crippen LogP contribution in [0.4, 0.5) is 5.69 Å². The second-order valence-electron chi connectivity index (χ2n) is 5.18. The second kappa shape index (κ2) is 7.11. The van der Waals surface area contributed by atoms with E-state index in [0.717, 1.165) is 12.8 Å². The summed E-state index contributed by atoms with van der Waals surface area (Å²) in [4.78, 5) is 24.5. The predicted molar refractivity (Wildman–Crippen MR) is 81.9 cm³/mol. The van der Waals surface area contributed by atoms with Gasteiger partial charge in [0.1, 0.15) is 0 Å². The summed E-state index contributed by atoms with van der Waals surface area (Å²) in [5.74, 6) is -0.685. The molecule has 0 heterocycles. The molecule has 0 unspecified atom stereocenters. The van der Waals surface area contributed by atoms with Gasteiger partial charge in [0.2, 0.25) is 5.91 Å². The average Bonchev–Trinajstić information content (AvgIpc) is 3.16. The van der Waals surface area contributed by atoms with Crippen molar-refractivity contribution < 1.29 is 14.7 Å². The number of anilines is 1. The summed E-state index contributed by atoms with van der Waals surface area (Å²) in [6.45, 7) is 0.551. The van der Waals surface area contributed by atoms with E-state index in [4.69, 9.17) is 28.3 Å². The molecule has 0 aliphatic heterocycles. The van der Waals surface area contributed by atoms with E-state index in [1.165, 1.54) is 0 Å². The molecule has 21 heavy (non-hydrogen) atoms. The SMILES string of the molecule is O=C(O)CN(CC(=O)Nc1ccc(Cl)c(Cl)c1)CC1CC1. The number of carbonyl (C=O) groups is 2. The Morgan fingerprint density at radius 1 is 1.24 bits per heavy atom. The number of aliphatic carboxylic acids is 1. The molecule has 114 valence electrons. The van der Waals surface area contributed by atoms with Crippen LogP contribution in [0.3, 0.4) is 0 Å². The average molecular weight is 331 g/mol. The van der Waals surface area contributed by atoms with E-state index in [1.807, 2.05) is 0 Å². The number of amides is 1. The van der Waals surface area contributed by atoms with Crippen LogP contribution in [-0.2, 0) is 9.59 Å². The highest BCUT2D eigenvalue weighted by Gasteiger charge is 2.26. The number of carboxylic acids is 1. The number of nitrogens with zero attached hydrogens (tertiary/aromatic N) is 1. The zero-order valence-electron chi connectivity index (χ0n) is 11.3. The number of rotatable bonds is 7. The molecule has 0 atom stereocenters. The van der Waals surface area contributed by atoms with E-state index in [2.05, 4.69) is 5.32 Å². The van der Waals surface area contributed by atoms with Crippen LogP contribution in [0, 0.1) is 5.92 Å². The van der Waals surface area contributed by atoms with Gasteiger partial charge >= 0.3 is 5.97 Å². The van der Waals surface area contributed by atoms with Crippen LogP contribution < -0.4 is 5.32 Å². The third-order valence-corrected chi connectivity index (χ3v) is 3.88. The van der Waals surface area contributed by atoms with Gasteiger partial charge in [-0.15, -0.1) is 0 Å². The third-order valence-electron chi connectivity index (χ3n) is 3.14. The predicted octanol–water partition coefficient (Wildman–Crippen LogP) is 2.73. The van der Waals surface area contributed by atoms with Crippen LogP contribution in [0.2, 0.25) is 10.0 Å². The maximum atomic E-state index is 12.0. The molecule has 2 rings (SSSR count). The molecular weight excluding hydrogens is 315 g/mol. The summed E-state index contributed by atoms with van der Waals surface area (Å²) in [7, 11) is 0. The summed E-state index contributed by atoms with van der Waals surface area (Å²) in [5, 5.41) is 12.3. The van der Waals surface area contributed by atoms with Gasteiger partial charge in [0.25, 0.3) is 0 Å². The Morgan fingerprint density at radius 2 is 1.95 bits per heavy atom. The lowest BCUT2D eigenvalue weighted by Gasteiger charge is -2.19. The first-order valence-electron chi connectivity index (χ1n) is 6.63. The van der Waals surface area contributed by atoms with Gasteiger partial charge in [0.05, 0.1) is 23.1 Å². The molecule has 5 nitrogen and oxygen atoms in total. The Balaban J connectivity index is 1.90. The first kappa shape index (κ1) is 16.1. The van der Waals surface area contributed by atoms with Crippen molar-refractivity contribution in [3.8, 4) is 0 Å². The molecule has 1 saturated carbocycles. The molecule has 0 bridgehead atoms. The van der Waals surface area contributed by atoms with E-state index < -0.39 is 5.97 Å². The van der Waals surface area contributed by atoms with Gasteiger partial charge < -0.3 is 10.4 Å². The lowest BCUT2D eigenvalue weighted by molar-refractivity contribution is -0.138. The number of carboxylic acid groups (broad SMARTS) is 1. The summed E-state index contributed by atoms with van der Waals surface area (Å²) >= 11 is 11.7. The first-order chi connectivity index (χ1) is 9.94. The standard InChI is InChI=1S/C14H16Cl2N2O3/c15-11-4-3-10(5-12(11)16)17-13(19)7-18(8-14(20)21)6-9-1-2-9/h3-5,9H,1-2,6-8H2,(H,17,19)(H,20,21). The Kier molecular flexibility index (Phi) is 5.45. The fourth-order valence-electron chi connectivity index (χ4n) is 2.02. The first-order valence-corrected chi connectivity index (χ1v) is 7.38. The zero-order valence-corrected chi connectivity index (χ0v) is 12.8. The van der Waals surface area contributed by atoms with Crippen LogP contribution in [0.15, 0.2) is 18.2 Å². The van der Waals surface area contributed by atoms with Gasteiger partial charge in [-0.1, -0.05) is 23.2 Å². The van der Waals surface area contributed by atoms with Crippen molar-refractivity contribution in [3.63, 3.8) is 0 Å². The molecule has 0 aromatic heterocycles. The maximum Gasteiger partial charge on any atom is 0.317 e. The Hall–Kier alpha value is -1.30. The van der Waals surface area contributed by atoms with Crippen LogP contribution in [0.25, 0.3) is 0 Å². The van der Waals surface area contributed by atoms with Crippen molar-refractivity contribution in [2.75, 3.05) is 25.0 Å². The Morgan fingerprint density at radius 3 is 2.52 bits per heavy atom. The largest absolute Gasteiger partial charge is 0.480 e. The van der Waals surface area contributed by atoms with Crippen molar-refractivity contribution >= 4 is 40.8 Å². The van der Waals surface area contributed by atoms with Crippen molar-refractivity contribution in [3.05, 3.63) is 28.2 Å². The van der Waals surface area contributed by atoms with Crippen LogP contribution >= 0.6 is 23.2 Å². The lowest BCUT2D eigenvalue weighted by atomic mass is 10.3. The summed E-state index contributed by atoms with van der Waals surface area (Å²) < 4.78 is 0. The van der Waals surface area contributed by atoms with Crippen molar-refractivity contribution in [1.82, 2.24) is 4.90 Å². The lowest BCUT2D eigenvalue weighted by Crippen LogP contribution is -2.38. The smallest absolute Gasteiger partial charge is 0.317 e. The van der Waals surface area contributed by atoms with Crippen molar-refractivity contribution in [2.24, 2.45) is 5.92 Å². The fraction of sp³-hybridized carbons (Fsp3) is 0.429. The number of nitrogens with one attached hydrogen (secondary N) is 1. The minimum absolute atomic E-state index is 0.0447. The molecule has 0 saturated heterocycles. The summed E-state index contributed by atoms with van der Waals surface area (Å²) in [6, 6.07) is 4.80. The van der Waals surface area contributed by atoms with E-state index in [1.54, 1.807) is 23.1 Å². The third kappa shape index (κ3) is 5.53. The van der Waals surface area contributed by atoms with E-state index in [9.17, 15) is 9.59 Å². The van der Waals surface area contributed by atoms with E-state index in [-0.39, 0.29) is 19.0 Å². The van der Waals surface area contributed by atoms with Crippen molar-refractivity contribution in [1.29, 1.82) is 0 Å². The number of carbonyl (C=O) groups excluding carboxylic acids is 1. The molecule has 1 aromatic carbocycles. The monoisotopic (exact) mass is 330 g/mol. The molecule has 0 radical (unpaired) electrons. The molecule has 1 aliphatic carbocycles. The fourth-order valence-corrected chi connectivity index (χ4v) is 2.32. The number of hydrogen-bond donors (Lipinski definition) is 2. The Bertz CT molecular complexity index is 547. The summed E-state index contributed by atoms with van der Waals surface area (Å²) in [5.41, 5.74) is 0.538. The van der Waals surface area contributed by atoms with Crippen LogP contribution in [-0.4, -0.2) is 41.5 Å². The maximum absolute atomic E-state index is 12.0. The molecule has 1 amide bonds. The number of hydrogen-bond acceptors (Lipinski definition) is 3. The van der Waals surface area contributed by atoms with Gasteiger partial charge in [0, 0.05) is 12.2 Å². The van der Waals surface area contributed by atoms with Gasteiger partial charge in [-0.2, -0.15) is 0 Å². The highest BCUT2D eigenvalue weighted by atomic mass is 35.5. The topological polar surface area (TPSA) is 69.6 Å². The highest BCUT2D eigenvalue weighted by Crippen LogP contribution is 2.29. The molecular formula is C14H16Cl2N2O3. The van der Waals surface area contributed by atoms with E-state index >= 15 is 0 Å². The Labute approximate surface area is 132 Å². The van der Waals surface area contributed by atoms with E-state index in [0.29, 0.717) is 28.2 Å². The minimum atomic E-state index is -0.932. The number of halogens is 2. The molecule has 1 fully saturated rings. The highest BCUT2D eigenvalue weighted by molar-refractivity contribution is 6.42. The minimum Gasteiger partial charge on any atom is -0.480 e. The van der Waals surface area contributed by atoms with Gasteiger partial charge in [-0.25, -0.2) is 0 Å². The van der Waals surface area contributed by atoms with Gasteiger partial charge in [0.15, 0.2) is 0 Å². The summed E-state index contributed by atoms with van der Waals surface area (Å²) in [6.07, 6.45) is 2.20. The van der Waals surface area contributed by atoms with Gasteiger partial charge in [-0.3, -0.25) is 14.5 Å². The van der Waals surface area contributed by atoms with Crippen LogP contribution in [0.5, 0.6) is 0 Å². The molecule has 1 aromatic rings. The molecule has 7 heteroatoms. The second-order valence-corrected chi connectivity index (χ2v) is 6.00. The number of benzene rings is 1. The molecule has 2 N–H and O–H groups in total.